The largest absolute Gasteiger partial charge is 0.416 e. The first-order valence-corrected chi connectivity index (χ1v) is 8.78. The van der Waals surface area contributed by atoms with E-state index in [9.17, 15) is 26.4 Å². The molecular formula is C16H13ClF3NO3S. The number of rotatable bonds is 5. The molecule has 9 heteroatoms. The molecule has 0 bridgehead atoms. The summed E-state index contributed by atoms with van der Waals surface area (Å²) in [5.41, 5.74) is -0.529. The average Bonchev–Trinajstić information content (AvgIpc) is 2.52. The van der Waals surface area contributed by atoms with E-state index < -0.39 is 33.6 Å². The van der Waals surface area contributed by atoms with Gasteiger partial charge in [0.25, 0.3) is 10.0 Å². The zero-order chi connectivity index (χ0) is 18.8. The summed E-state index contributed by atoms with van der Waals surface area (Å²) >= 11 is 5.30. The van der Waals surface area contributed by atoms with Gasteiger partial charge in [0.2, 0.25) is 5.24 Å². The van der Waals surface area contributed by atoms with Crippen LogP contribution in [0.5, 0.6) is 0 Å². The minimum atomic E-state index is -4.65. The summed E-state index contributed by atoms with van der Waals surface area (Å²) in [5.74, 6) is 0. The Labute approximate surface area is 147 Å². The van der Waals surface area contributed by atoms with Crippen LogP contribution in [-0.4, -0.2) is 20.2 Å². The maximum Gasteiger partial charge on any atom is 0.416 e. The first-order chi connectivity index (χ1) is 11.5. The monoisotopic (exact) mass is 391 g/mol. The van der Waals surface area contributed by atoms with Gasteiger partial charge in [0.05, 0.1) is 16.1 Å². The number of anilines is 1. The van der Waals surface area contributed by atoms with E-state index in [4.69, 9.17) is 11.6 Å². The van der Waals surface area contributed by atoms with Gasteiger partial charge in [-0.2, -0.15) is 13.2 Å². The summed E-state index contributed by atoms with van der Waals surface area (Å²) in [4.78, 5) is 11.1. The Bertz CT molecular complexity index is 880. The average molecular weight is 392 g/mol. The lowest BCUT2D eigenvalue weighted by atomic mass is 10.2. The van der Waals surface area contributed by atoms with Crippen LogP contribution >= 0.6 is 11.6 Å². The Balaban J connectivity index is 2.57. The smallest absolute Gasteiger partial charge is 0.279 e. The first kappa shape index (κ1) is 19.3. The molecule has 134 valence electrons. The molecule has 0 unspecified atom stereocenters. The van der Waals surface area contributed by atoms with Crippen molar-refractivity contribution in [2.75, 3.05) is 10.8 Å². The maximum atomic E-state index is 12.9. The molecule has 2 aromatic rings. The molecule has 0 amide bonds. The van der Waals surface area contributed by atoms with Crippen molar-refractivity contribution in [2.45, 2.75) is 18.0 Å². The van der Waals surface area contributed by atoms with Gasteiger partial charge in [-0.15, -0.1) is 0 Å². The number of nitrogens with zero attached hydrogens (tertiary/aromatic N) is 1. The van der Waals surface area contributed by atoms with E-state index in [2.05, 4.69) is 0 Å². The summed E-state index contributed by atoms with van der Waals surface area (Å²) < 4.78 is 64.8. The molecule has 25 heavy (non-hydrogen) atoms. The minimum Gasteiger partial charge on any atom is -0.279 e. The van der Waals surface area contributed by atoms with Gasteiger partial charge in [0, 0.05) is 0 Å². The third kappa shape index (κ3) is 4.52. The molecule has 0 N–H and O–H groups in total. The predicted molar refractivity (Wildman–Crippen MR) is 88.0 cm³/mol. The lowest BCUT2D eigenvalue weighted by Crippen LogP contribution is -2.34. The van der Waals surface area contributed by atoms with Crippen LogP contribution in [0.1, 0.15) is 11.1 Å². The molecule has 0 radical (unpaired) electrons. The van der Waals surface area contributed by atoms with Crippen LogP contribution < -0.4 is 4.31 Å². The number of carbonyl (C=O) groups excluding carboxylic acids is 1. The van der Waals surface area contributed by atoms with Crippen molar-refractivity contribution < 1.29 is 26.4 Å². The summed E-state index contributed by atoms with van der Waals surface area (Å²) in [7, 11) is -4.27. The predicted octanol–water partition coefficient (Wildman–Crippen LogP) is 3.97. The quantitative estimate of drug-likeness (QED) is 0.724. The van der Waals surface area contributed by atoms with Crippen LogP contribution in [0, 0.1) is 6.92 Å². The third-order valence-corrected chi connectivity index (χ3v) is 5.25. The SMILES string of the molecule is Cc1ccc(S(=O)(=O)N(CC(=O)Cl)c2cccc(C(F)(F)F)c2)cc1. The molecule has 0 spiro atoms. The number of halogens is 4. The van der Waals surface area contributed by atoms with Crippen LogP contribution in [0.15, 0.2) is 53.4 Å². The van der Waals surface area contributed by atoms with Crippen molar-refractivity contribution >= 4 is 32.6 Å². The van der Waals surface area contributed by atoms with Gasteiger partial charge in [-0.05, 0) is 48.9 Å². The van der Waals surface area contributed by atoms with Crippen LogP contribution in [0.25, 0.3) is 0 Å². The van der Waals surface area contributed by atoms with Crippen molar-refractivity contribution in [1.29, 1.82) is 0 Å². The molecule has 2 aromatic carbocycles. The van der Waals surface area contributed by atoms with Gasteiger partial charge in [-0.25, -0.2) is 8.42 Å². The van der Waals surface area contributed by atoms with E-state index >= 15 is 0 Å². The Hall–Kier alpha value is -2.06. The Kier molecular flexibility index (Phi) is 5.43. The summed E-state index contributed by atoms with van der Waals surface area (Å²) in [6, 6.07) is 9.40. The van der Waals surface area contributed by atoms with Crippen molar-refractivity contribution in [3.63, 3.8) is 0 Å². The summed E-state index contributed by atoms with van der Waals surface area (Å²) in [6.07, 6.45) is -4.65. The van der Waals surface area contributed by atoms with Crippen molar-refractivity contribution in [2.24, 2.45) is 0 Å². The summed E-state index contributed by atoms with van der Waals surface area (Å²) in [5, 5.41) is -1.02. The van der Waals surface area contributed by atoms with Crippen LogP contribution in [0.4, 0.5) is 18.9 Å². The number of aryl methyl sites for hydroxylation is 1. The minimum absolute atomic E-state index is 0.159. The fourth-order valence-corrected chi connectivity index (χ4v) is 3.71. The van der Waals surface area contributed by atoms with Crippen molar-refractivity contribution in [1.82, 2.24) is 0 Å². The van der Waals surface area contributed by atoms with Gasteiger partial charge in [-0.1, -0.05) is 23.8 Å². The van der Waals surface area contributed by atoms with Crippen molar-refractivity contribution in [3.05, 3.63) is 59.7 Å². The van der Waals surface area contributed by atoms with Gasteiger partial charge in [0.1, 0.15) is 6.54 Å². The number of alkyl halides is 3. The number of benzene rings is 2. The van der Waals surface area contributed by atoms with Crippen LogP contribution in [0.2, 0.25) is 0 Å². The molecule has 4 nitrogen and oxygen atoms in total. The molecule has 0 saturated heterocycles. The van der Waals surface area contributed by atoms with E-state index in [-0.39, 0.29) is 10.6 Å². The van der Waals surface area contributed by atoms with E-state index in [1.807, 2.05) is 0 Å². The molecule has 0 aromatic heterocycles. The summed E-state index contributed by atoms with van der Waals surface area (Å²) in [6.45, 7) is 0.961. The molecule has 0 saturated carbocycles. The fraction of sp³-hybridized carbons (Fsp3) is 0.188. The standard InChI is InChI=1S/C16H13ClF3NO3S/c1-11-5-7-14(8-6-11)25(23,24)21(10-15(17)22)13-4-2-3-12(9-13)16(18,19)20/h2-9H,10H2,1H3. The molecule has 0 heterocycles. The molecule has 2 rings (SSSR count). The Morgan fingerprint density at radius 1 is 1.12 bits per heavy atom. The second-order valence-electron chi connectivity index (χ2n) is 5.23. The topological polar surface area (TPSA) is 54.5 Å². The third-order valence-electron chi connectivity index (χ3n) is 3.34. The van der Waals surface area contributed by atoms with Gasteiger partial charge >= 0.3 is 6.18 Å². The number of hydrogen-bond acceptors (Lipinski definition) is 3. The van der Waals surface area contributed by atoms with Crippen LogP contribution in [-0.2, 0) is 21.0 Å². The number of hydrogen-bond donors (Lipinski definition) is 0. The van der Waals surface area contributed by atoms with E-state index in [0.29, 0.717) is 10.4 Å². The normalized spacial score (nSPS) is 12.0. The molecular weight excluding hydrogens is 379 g/mol. The molecule has 0 aliphatic heterocycles. The molecule has 0 fully saturated rings. The van der Waals surface area contributed by atoms with E-state index in [1.165, 1.54) is 18.2 Å². The molecule has 0 aliphatic carbocycles. The van der Waals surface area contributed by atoms with Crippen molar-refractivity contribution in [3.8, 4) is 0 Å². The highest BCUT2D eigenvalue weighted by Gasteiger charge is 2.33. The van der Waals surface area contributed by atoms with Gasteiger partial charge < -0.3 is 0 Å². The highest BCUT2D eigenvalue weighted by Crippen LogP contribution is 2.33. The second kappa shape index (κ2) is 7.05. The van der Waals surface area contributed by atoms with Gasteiger partial charge in [0.15, 0.2) is 0 Å². The lowest BCUT2D eigenvalue weighted by molar-refractivity contribution is -0.137. The second-order valence-corrected chi connectivity index (χ2v) is 7.51. The fourth-order valence-electron chi connectivity index (χ4n) is 2.10. The molecule has 0 aliphatic rings. The molecule has 0 atom stereocenters. The van der Waals surface area contributed by atoms with Crippen LogP contribution in [0.3, 0.4) is 0 Å². The Morgan fingerprint density at radius 3 is 2.24 bits per heavy atom. The zero-order valence-electron chi connectivity index (χ0n) is 12.9. The number of sulfonamides is 1. The zero-order valence-corrected chi connectivity index (χ0v) is 14.5. The number of carbonyl (C=O) groups is 1. The van der Waals surface area contributed by atoms with E-state index in [0.717, 1.165) is 17.7 Å². The highest BCUT2D eigenvalue weighted by molar-refractivity contribution is 7.92. The Morgan fingerprint density at radius 2 is 1.72 bits per heavy atom. The maximum absolute atomic E-state index is 12.9. The van der Waals surface area contributed by atoms with Gasteiger partial charge in [-0.3, -0.25) is 9.10 Å². The lowest BCUT2D eigenvalue weighted by Gasteiger charge is -2.23. The van der Waals surface area contributed by atoms with E-state index in [1.54, 1.807) is 19.1 Å². The highest BCUT2D eigenvalue weighted by atomic mass is 35.5. The first-order valence-electron chi connectivity index (χ1n) is 6.97.